The number of nitrogens with two attached hydrogens (primary N) is 1. The molecule has 0 spiro atoms. The Morgan fingerprint density at radius 1 is 1.09 bits per heavy atom. The summed E-state index contributed by atoms with van der Waals surface area (Å²) in [6, 6.07) is 0. The van der Waals surface area contributed by atoms with Gasteiger partial charge in [-0.1, -0.05) is 19.8 Å². The smallest absolute Gasteiger partial charge is 0.182 e. The van der Waals surface area contributed by atoms with Crippen LogP contribution in [0.5, 0.6) is 0 Å². The molecule has 3 aromatic heterocycles. The molecule has 3 aromatic rings. The quantitative estimate of drug-likeness (QED) is 0.719. The number of anilines is 1. The van der Waals surface area contributed by atoms with Gasteiger partial charge in [0.05, 0.1) is 11.4 Å². The van der Waals surface area contributed by atoms with Gasteiger partial charge in [-0.25, -0.2) is 23.4 Å². The Kier molecular flexibility index (Phi) is 3.69. The highest BCUT2D eigenvalue weighted by molar-refractivity contribution is 7.91. The van der Waals surface area contributed by atoms with Crippen LogP contribution in [-0.2, 0) is 9.84 Å². The largest absolute Gasteiger partial charge is 0.395 e. The molecule has 0 fully saturated rings. The SMILES string of the molecule is CCCCCS(=O)(=O)c1c(N)c2nccn2c2nccnc12. The molecule has 3 heterocycles. The van der Waals surface area contributed by atoms with Gasteiger partial charge in [-0.3, -0.25) is 4.40 Å². The van der Waals surface area contributed by atoms with Gasteiger partial charge in [-0.15, -0.1) is 0 Å². The van der Waals surface area contributed by atoms with Crippen LogP contribution < -0.4 is 5.73 Å². The molecule has 7 nitrogen and oxygen atoms in total. The minimum Gasteiger partial charge on any atom is -0.395 e. The summed E-state index contributed by atoms with van der Waals surface area (Å²) in [5.41, 5.74) is 7.35. The molecule has 0 saturated heterocycles. The third kappa shape index (κ3) is 2.29. The molecule has 22 heavy (non-hydrogen) atoms. The van der Waals surface area contributed by atoms with E-state index in [-0.39, 0.29) is 16.3 Å². The van der Waals surface area contributed by atoms with Crippen molar-refractivity contribution in [3.05, 3.63) is 24.8 Å². The van der Waals surface area contributed by atoms with Crippen LogP contribution in [0.3, 0.4) is 0 Å². The predicted octanol–water partition coefficient (Wildman–Crippen LogP) is 1.82. The number of sulfone groups is 1. The van der Waals surface area contributed by atoms with Gasteiger partial charge in [-0.2, -0.15) is 0 Å². The number of aromatic nitrogens is 4. The fourth-order valence-corrected chi connectivity index (χ4v) is 4.18. The van der Waals surface area contributed by atoms with Gasteiger partial charge in [0.15, 0.2) is 21.1 Å². The number of unbranched alkanes of at least 4 members (excludes halogenated alkanes) is 2. The van der Waals surface area contributed by atoms with Crippen LogP contribution in [0.25, 0.3) is 16.8 Å². The van der Waals surface area contributed by atoms with Crippen molar-refractivity contribution < 1.29 is 8.42 Å². The third-order valence-corrected chi connectivity index (χ3v) is 5.44. The Balaban J connectivity index is 2.29. The van der Waals surface area contributed by atoms with Crippen LogP contribution in [0.1, 0.15) is 26.2 Å². The summed E-state index contributed by atoms with van der Waals surface area (Å²) in [7, 11) is -3.54. The zero-order valence-corrected chi connectivity index (χ0v) is 13.0. The molecule has 0 unspecified atom stereocenters. The molecule has 8 heteroatoms. The maximum absolute atomic E-state index is 12.7. The lowest BCUT2D eigenvalue weighted by atomic mass is 10.3. The summed E-state index contributed by atoms with van der Waals surface area (Å²) < 4.78 is 27.1. The average molecular weight is 319 g/mol. The van der Waals surface area contributed by atoms with Crippen LogP contribution in [0.4, 0.5) is 5.69 Å². The van der Waals surface area contributed by atoms with Gasteiger partial charge >= 0.3 is 0 Å². The molecule has 0 radical (unpaired) electrons. The van der Waals surface area contributed by atoms with E-state index in [9.17, 15) is 8.42 Å². The first kappa shape index (κ1) is 14.7. The average Bonchev–Trinajstić information content (AvgIpc) is 2.97. The number of rotatable bonds is 5. The van der Waals surface area contributed by atoms with Crippen LogP contribution in [-0.4, -0.2) is 33.5 Å². The summed E-state index contributed by atoms with van der Waals surface area (Å²) in [5, 5.41) is 0. The number of hydrogen-bond donors (Lipinski definition) is 1. The van der Waals surface area contributed by atoms with Gasteiger partial charge in [0, 0.05) is 24.8 Å². The van der Waals surface area contributed by atoms with Gasteiger partial charge in [0.25, 0.3) is 0 Å². The van der Waals surface area contributed by atoms with Gasteiger partial charge in [-0.05, 0) is 6.42 Å². The number of imidazole rings is 1. The molecule has 0 saturated carbocycles. The van der Waals surface area contributed by atoms with E-state index in [0.29, 0.717) is 23.2 Å². The zero-order chi connectivity index (χ0) is 15.7. The van der Waals surface area contributed by atoms with Crippen molar-refractivity contribution >= 4 is 32.3 Å². The van der Waals surface area contributed by atoms with Crippen LogP contribution >= 0.6 is 0 Å². The summed E-state index contributed by atoms with van der Waals surface area (Å²) >= 11 is 0. The highest BCUT2D eigenvalue weighted by Crippen LogP contribution is 2.30. The first-order chi connectivity index (χ1) is 10.6. The minimum absolute atomic E-state index is 0.0467. The first-order valence-electron chi connectivity index (χ1n) is 7.14. The van der Waals surface area contributed by atoms with E-state index < -0.39 is 9.84 Å². The van der Waals surface area contributed by atoms with Gasteiger partial charge in [0.1, 0.15) is 10.4 Å². The molecule has 0 amide bonds. The molecule has 0 aliphatic heterocycles. The Morgan fingerprint density at radius 2 is 1.82 bits per heavy atom. The predicted molar refractivity (Wildman–Crippen MR) is 84.3 cm³/mol. The number of nitrogens with zero attached hydrogens (tertiary/aromatic N) is 4. The number of nitrogen functional groups attached to an aromatic ring is 1. The highest BCUT2D eigenvalue weighted by Gasteiger charge is 2.25. The lowest BCUT2D eigenvalue weighted by Crippen LogP contribution is -2.13. The molecule has 3 rings (SSSR count). The van der Waals surface area contributed by atoms with Crippen molar-refractivity contribution in [1.82, 2.24) is 19.4 Å². The van der Waals surface area contributed by atoms with Crippen molar-refractivity contribution in [2.75, 3.05) is 11.5 Å². The topological polar surface area (TPSA) is 103 Å². The maximum Gasteiger partial charge on any atom is 0.182 e. The molecule has 0 aromatic carbocycles. The fourth-order valence-electron chi connectivity index (χ4n) is 2.53. The zero-order valence-electron chi connectivity index (χ0n) is 12.2. The lowest BCUT2D eigenvalue weighted by molar-refractivity contribution is 0.592. The number of fused-ring (bicyclic) bond motifs is 3. The summed E-state index contributed by atoms with van der Waals surface area (Å²) in [6.07, 6.45) is 8.64. The normalized spacial score (nSPS) is 12.2. The molecule has 0 aliphatic rings. The van der Waals surface area contributed by atoms with E-state index in [1.807, 2.05) is 6.92 Å². The molecular weight excluding hydrogens is 302 g/mol. The van der Waals surface area contributed by atoms with Crippen LogP contribution in [0, 0.1) is 0 Å². The van der Waals surface area contributed by atoms with E-state index >= 15 is 0 Å². The minimum atomic E-state index is -3.54. The maximum atomic E-state index is 12.7. The monoisotopic (exact) mass is 319 g/mol. The first-order valence-corrected chi connectivity index (χ1v) is 8.79. The van der Waals surface area contributed by atoms with E-state index in [4.69, 9.17) is 5.73 Å². The Morgan fingerprint density at radius 3 is 2.59 bits per heavy atom. The van der Waals surface area contributed by atoms with Crippen molar-refractivity contribution in [2.24, 2.45) is 0 Å². The highest BCUT2D eigenvalue weighted by atomic mass is 32.2. The second kappa shape index (κ2) is 5.53. The van der Waals surface area contributed by atoms with E-state index in [0.717, 1.165) is 12.8 Å². The molecule has 116 valence electrons. The third-order valence-electron chi connectivity index (χ3n) is 3.58. The second-order valence-corrected chi connectivity index (χ2v) is 7.16. The van der Waals surface area contributed by atoms with E-state index in [2.05, 4.69) is 15.0 Å². The standard InChI is InChI=1S/C14H17N5O2S/c1-2-3-4-9-22(20,21)12-10(15)13-18-7-8-19(13)14-11(12)16-5-6-17-14/h5-8H,2-4,9,15H2,1H3. The lowest BCUT2D eigenvalue weighted by Gasteiger charge is -2.11. The molecule has 2 N–H and O–H groups in total. The Hall–Kier alpha value is -2.22. The number of pyridine rings is 1. The molecular formula is C14H17N5O2S. The Labute approximate surface area is 128 Å². The van der Waals surface area contributed by atoms with E-state index in [1.165, 1.54) is 12.4 Å². The fraction of sp³-hybridized carbons (Fsp3) is 0.357. The van der Waals surface area contributed by atoms with Crippen molar-refractivity contribution in [3.63, 3.8) is 0 Å². The Bertz CT molecular complexity index is 933. The summed E-state index contributed by atoms with van der Waals surface area (Å²) in [6.45, 7) is 2.03. The van der Waals surface area contributed by atoms with E-state index in [1.54, 1.807) is 16.8 Å². The van der Waals surface area contributed by atoms with Crippen molar-refractivity contribution in [3.8, 4) is 0 Å². The van der Waals surface area contributed by atoms with Gasteiger partial charge < -0.3 is 5.73 Å². The number of hydrogen-bond acceptors (Lipinski definition) is 6. The molecule has 0 bridgehead atoms. The van der Waals surface area contributed by atoms with Gasteiger partial charge in [0.2, 0.25) is 0 Å². The van der Waals surface area contributed by atoms with Crippen molar-refractivity contribution in [1.29, 1.82) is 0 Å². The summed E-state index contributed by atoms with van der Waals surface area (Å²) in [4.78, 5) is 12.6. The summed E-state index contributed by atoms with van der Waals surface area (Å²) in [5.74, 6) is 0.0492. The van der Waals surface area contributed by atoms with Crippen LogP contribution in [0.2, 0.25) is 0 Å². The van der Waals surface area contributed by atoms with Crippen molar-refractivity contribution in [2.45, 2.75) is 31.1 Å². The molecule has 0 atom stereocenters. The second-order valence-electron chi connectivity index (χ2n) is 5.12. The molecule has 0 aliphatic carbocycles. The van der Waals surface area contributed by atoms with Crippen LogP contribution in [0.15, 0.2) is 29.7 Å².